The van der Waals surface area contributed by atoms with Gasteiger partial charge in [0.2, 0.25) is 0 Å². The van der Waals surface area contributed by atoms with Crippen molar-refractivity contribution >= 4 is 5.84 Å². The molecule has 3 nitrogen and oxygen atoms in total. The van der Waals surface area contributed by atoms with Crippen molar-refractivity contribution in [1.29, 1.82) is 5.41 Å². The van der Waals surface area contributed by atoms with Crippen molar-refractivity contribution in [2.24, 2.45) is 0 Å². The lowest BCUT2D eigenvalue weighted by atomic mass is 10.0. The van der Waals surface area contributed by atoms with Crippen LogP contribution in [0.1, 0.15) is 38.5 Å². The van der Waals surface area contributed by atoms with E-state index in [-0.39, 0.29) is 0 Å². The summed E-state index contributed by atoms with van der Waals surface area (Å²) in [6.07, 6.45) is 7.53. The van der Waals surface area contributed by atoms with Gasteiger partial charge in [-0.1, -0.05) is 6.42 Å². The smallest absolute Gasteiger partial charge is 0.0958 e. The third kappa shape index (κ3) is 2.71. The molecule has 0 saturated carbocycles. The zero-order valence-electron chi connectivity index (χ0n) is 9.84. The molecule has 2 aliphatic rings. The van der Waals surface area contributed by atoms with Crippen molar-refractivity contribution in [3.63, 3.8) is 0 Å². The maximum atomic E-state index is 7.94. The maximum Gasteiger partial charge on any atom is 0.0958 e. The van der Waals surface area contributed by atoms with Crippen molar-refractivity contribution in [3.05, 3.63) is 0 Å². The van der Waals surface area contributed by atoms with Crippen molar-refractivity contribution in [1.82, 2.24) is 9.80 Å². The van der Waals surface area contributed by atoms with Crippen LogP contribution in [-0.2, 0) is 0 Å². The van der Waals surface area contributed by atoms with Gasteiger partial charge in [-0.2, -0.15) is 0 Å². The van der Waals surface area contributed by atoms with E-state index in [1.165, 1.54) is 38.6 Å². The first-order valence-electron chi connectivity index (χ1n) is 6.30. The molecule has 2 saturated heterocycles. The Bertz CT molecular complexity index is 227. The molecular weight excluding hydrogens is 186 g/mol. The number of piperidine rings is 2. The highest BCUT2D eigenvalue weighted by molar-refractivity contribution is 5.79. The number of likely N-dealkylation sites (N-methyl/N-ethyl adjacent to an activating group) is 1. The van der Waals surface area contributed by atoms with Gasteiger partial charge in [0.15, 0.2) is 0 Å². The Kier molecular flexibility index (Phi) is 3.62. The fraction of sp³-hybridized carbons (Fsp3) is 0.917. The Labute approximate surface area is 92.9 Å². The molecule has 0 aromatic carbocycles. The zero-order chi connectivity index (χ0) is 10.7. The monoisotopic (exact) mass is 209 g/mol. The van der Waals surface area contributed by atoms with Gasteiger partial charge < -0.3 is 9.80 Å². The Balaban J connectivity index is 1.86. The van der Waals surface area contributed by atoms with E-state index in [9.17, 15) is 0 Å². The molecule has 86 valence electrons. The molecule has 2 fully saturated rings. The summed E-state index contributed by atoms with van der Waals surface area (Å²) in [6.45, 7) is 3.45. The summed E-state index contributed by atoms with van der Waals surface area (Å²) in [5.74, 6) is 0.875. The Morgan fingerprint density at radius 1 is 1.20 bits per heavy atom. The summed E-state index contributed by atoms with van der Waals surface area (Å²) < 4.78 is 0. The molecule has 0 amide bonds. The SMILES string of the molecule is CN1CCCCC1CN1CCCCC1=N. The highest BCUT2D eigenvalue weighted by Gasteiger charge is 2.23. The molecule has 1 unspecified atom stereocenters. The number of amidine groups is 1. The third-order valence-electron chi connectivity index (χ3n) is 3.83. The van der Waals surface area contributed by atoms with Gasteiger partial charge in [0.05, 0.1) is 5.84 Å². The summed E-state index contributed by atoms with van der Waals surface area (Å²) in [7, 11) is 2.23. The molecule has 0 aliphatic carbocycles. The van der Waals surface area contributed by atoms with Crippen LogP contribution in [0, 0.1) is 5.41 Å². The lowest BCUT2D eigenvalue weighted by molar-refractivity contribution is 0.152. The minimum Gasteiger partial charge on any atom is -0.359 e. The van der Waals surface area contributed by atoms with E-state index >= 15 is 0 Å². The molecule has 2 aliphatic heterocycles. The predicted molar refractivity (Wildman–Crippen MR) is 63.4 cm³/mol. The lowest BCUT2D eigenvalue weighted by Crippen LogP contribution is -2.47. The van der Waals surface area contributed by atoms with Gasteiger partial charge in [-0.15, -0.1) is 0 Å². The first-order valence-corrected chi connectivity index (χ1v) is 6.30. The second-order valence-corrected chi connectivity index (χ2v) is 4.98. The molecule has 0 aromatic heterocycles. The third-order valence-corrected chi connectivity index (χ3v) is 3.83. The summed E-state index contributed by atoms with van der Waals surface area (Å²) in [4.78, 5) is 4.78. The Hall–Kier alpha value is -0.570. The van der Waals surface area contributed by atoms with E-state index in [0.29, 0.717) is 6.04 Å². The van der Waals surface area contributed by atoms with Crippen molar-refractivity contribution < 1.29 is 0 Å². The van der Waals surface area contributed by atoms with E-state index in [1.54, 1.807) is 0 Å². The normalized spacial score (nSPS) is 29.5. The van der Waals surface area contributed by atoms with Crippen molar-refractivity contribution in [3.8, 4) is 0 Å². The van der Waals surface area contributed by atoms with Crippen LogP contribution >= 0.6 is 0 Å². The highest BCUT2D eigenvalue weighted by Crippen LogP contribution is 2.18. The molecule has 1 atom stereocenters. The van der Waals surface area contributed by atoms with Gasteiger partial charge in [0.1, 0.15) is 0 Å². The summed E-state index contributed by atoms with van der Waals surface area (Å²) in [5.41, 5.74) is 0. The van der Waals surface area contributed by atoms with Gasteiger partial charge in [0.25, 0.3) is 0 Å². The second kappa shape index (κ2) is 4.97. The van der Waals surface area contributed by atoms with Gasteiger partial charge in [0, 0.05) is 25.6 Å². The van der Waals surface area contributed by atoms with Crippen LogP contribution in [0.25, 0.3) is 0 Å². The fourth-order valence-electron chi connectivity index (χ4n) is 2.72. The minimum absolute atomic E-state index is 0.692. The first-order chi connectivity index (χ1) is 7.27. The van der Waals surface area contributed by atoms with Gasteiger partial charge in [-0.3, -0.25) is 5.41 Å². The van der Waals surface area contributed by atoms with Gasteiger partial charge >= 0.3 is 0 Å². The number of hydrogen-bond donors (Lipinski definition) is 1. The molecule has 1 N–H and O–H groups in total. The maximum absolute atomic E-state index is 7.94. The molecule has 2 heterocycles. The molecule has 2 rings (SSSR count). The van der Waals surface area contributed by atoms with E-state index < -0.39 is 0 Å². The van der Waals surface area contributed by atoms with Crippen LogP contribution in [0.3, 0.4) is 0 Å². The highest BCUT2D eigenvalue weighted by atomic mass is 15.2. The van der Waals surface area contributed by atoms with Crippen LogP contribution < -0.4 is 0 Å². The Morgan fingerprint density at radius 3 is 2.73 bits per heavy atom. The fourth-order valence-corrected chi connectivity index (χ4v) is 2.72. The average molecular weight is 209 g/mol. The zero-order valence-corrected chi connectivity index (χ0v) is 9.84. The Morgan fingerprint density at radius 2 is 2.00 bits per heavy atom. The van der Waals surface area contributed by atoms with Crippen LogP contribution in [0.4, 0.5) is 0 Å². The average Bonchev–Trinajstić information content (AvgIpc) is 2.24. The van der Waals surface area contributed by atoms with E-state index in [0.717, 1.165) is 25.3 Å². The summed E-state index contributed by atoms with van der Waals surface area (Å²) in [5, 5.41) is 7.94. The van der Waals surface area contributed by atoms with E-state index in [4.69, 9.17) is 5.41 Å². The number of nitrogens with zero attached hydrogens (tertiary/aromatic N) is 2. The number of rotatable bonds is 2. The van der Waals surface area contributed by atoms with E-state index in [1.807, 2.05) is 0 Å². The molecule has 0 spiro atoms. The molecule has 3 heteroatoms. The second-order valence-electron chi connectivity index (χ2n) is 4.98. The van der Waals surface area contributed by atoms with Crippen LogP contribution in [0.2, 0.25) is 0 Å². The quantitative estimate of drug-likeness (QED) is 0.753. The van der Waals surface area contributed by atoms with Crippen LogP contribution in [0.5, 0.6) is 0 Å². The number of hydrogen-bond acceptors (Lipinski definition) is 2. The minimum atomic E-state index is 0.692. The largest absolute Gasteiger partial charge is 0.359 e. The number of nitrogens with one attached hydrogen (secondary N) is 1. The lowest BCUT2D eigenvalue weighted by Gasteiger charge is -2.38. The van der Waals surface area contributed by atoms with E-state index in [2.05, 4.69) is 16.8 Å². The van der Waals surface area contributed by atoms with Gasteiger partial charge in [-0.25, -0.2) is 0 Å². The molecule has 15 heavy (non-hydrogen) atoms. The van der Waals surface area contributed by atoms with Crippen LogP contribution in [0.15, 0.2) is 0 Å². The topological polar surface area (TPSA) is 30.3 Å². The van der Waals surface area contributed by atoms with Crippen molar-refractivity contribution in [2.75, 3.05) is 26.7 Å². The van der Waals surface area contributed by atoms with Crippen LogP contribution in [-0.4, -0.2) is 48.4 Å². The molecule has 0 radical (unpaired) electrons. The standard InChI is InChI=1S/C12H23N3/c1-14-8-4-2-6-11(14)10-15-9-5-3-7-12(15)13/h11,13H,2-10H2,1H3. The molecule has 0 bridgehead atoms. The molecule has 0 aromatic rings. The summed E-state index contributed by atoms with van der Waals surface area (Å²) >= 11 is 0. The first kappa shape index (κ1) is 10.9. The van der Waals surface area contributed by atoms with Crippen molar-refractivity contribution in [2.45, 2.75) is 44.6 Å². The molecular formula is C12H23N3. The number of likely N-dealkylation sites (tertiary alicyclic amines) is 2. The summed E-state index contributed by atoms with van der Waals surface area (Å²) in [6, 6.07) is 0.692. The van der Waals surface area contributed by atoms with Gasteiger partial charge in [-0.05, 0) is 39.3 Å². The predicted octanol–water partition coefficient (Wildman–Crippen LogP) is 1.93.